The third-order valence-corrected chi connectivity index (χ3v) is 2.39. The highest BCUT2D eigenvalue weighted by atomic mass is 19.4. The Morgan fingerprint density at radius 3 is 2.72 bits per heavy atom. The first-order valence-corrected chi connectivity index (χ1v) is 5.65. The SMILES string of the molecule is CC(NCC1COCCO1)C(=O)NCC(F)(F)F. The van der Waals surface area contributed by atoms with Crippen molar-refractivity contribution < 1.29 is 27.4 Å². The number of ether oxygens (including phenoxy) is 2. The minimum absolute atomic E-state index is 0.170. The van der Waals surface area contributed by atoms with Gasteiger partial charge in [-0.2, -0.15) is 13.2 Å². The van der Waals surface area contributed by atoms with E-state index in [0.717, 1.165) is 0 Å². The van der Waals surface area contributed by atoms with Gasteiger partial charge in [-0.15, -0.1) is 0 Å². The first-order valence-electron chi connectivity index (χ1n) is 5.65. The van der Waals surface area contributed by atoms with E-state index in [1.54, 1.807) is 0 Å². The van der Waals surface area contributed by atoms with E-state index in [4.69, 9.17) is 9.47 Å². The van der Waals surface area contributed by atoms with E-state index in [2.05, 4.69) is 5.32 Å². The van der Waals surface area contributed by atoms with Crippen LogP contribution in [0.15, 0.2) is 0 Å². The van der Waals surface area contributed by atoms with Crippen LogP contribution in [0.2, 0.25) is 0 Å². The molecule has 0 aromatic heterocycles. The molecule has 0 saturated carbocycles. The van der Waals surface area contributed by atoms with Crippen LogP contribution in [-0.4, -0.2) is 57.1 Å². The highest BCUT2D eigenvalue weighted by molar-refractivity contribution is 5.81. The van der Waals surface area contributed by atoms with Crippen LogP contribution in [0.3, 0.4) is 0 Å². The van der Waals surface area contributed by atoms with Crippen LogP contribution in [0, 0.1) is 0 Å². The lowest BCUT2D eigenvalue weighted by atomic mass is 10.2. The summed E-state index contributed by atoms with van der Waals surface area (Å²) in [5, 5.41) is 4.62. The Morgan fingerprint density at radius 1 is 1.44 bits per heavy atom. The summed E-state index contributed by atoms with van der Waals surface area (Å²) in [6.45, 7) is 1.99. The molecule has 1 saturated heterocycles. The molecule has 1 amide bonds. The van der Waals surface area contributed by atoms with Crippen molar-refractivity contribution in [2.24, 2.45) is 0 Å². The van der Waals surface area contributed by atoms with Gasteiger partial charge in [-0.05, 0) is 6.92 Å². The Bertz CT molecular complexity index is 268. The topological polar surface area (TPSA) is 59.6 Å². The number of amides is 1. The van der Waals surface area contributed by atoms with Crippen LogP contribution in [0.5, 0.6) is 0 Å². The maximum absolute atomic E-state index is 11.9. The number of halogens is 3. The second-order valence-electron chi connectivity index (χ2n) is 4.03. The van der Waals surface area contributed by atoms with E-state index in [1.807, 2.05) is 5.32 Å². The summed E-state index contributed by atoms with van der Waals surface area (Å²) in [6, 6.07) is -0.710. The molecule has 1 fully saturated rings. The quantitative estimate of drug-likeness (QED) is 0.741. The van der Waals surface area contributed by atoms with Crippen molar-refractivity contribution in [3.8, 4) is 0 Å². The molecule has 0 radical (unpaired) electrons. The fourth-order valence-electron chi connectivity index (χ4n) is 1.40. The molecule has 0 bridgehead atoms. The first kappa shape index (κ1) is 15.2. The largest absolute Gasteiger partial charge is 0.405 e. The van der Waals surface area contributed by atoms with Crippen LogP contribution in [0.1, 0.15) is 6.92 Å². The minimum atomic E-state index is -4.39. The zero-order valence-electron chi connectivity index (χ0n) is 10.0. The number of hydrogen-bond acceptors (Lipinski definition) is 4. The van der Waals surface area contributed by atoms with Gasteiger partial charge in [0, 0.05) is 6.54 Å². The van der Waals surface area contributed by atoms with Gasteiger partial charge in [0.2, 0.25) is 5.91 Å². The smallest absolute Gasteiger partial charge is 0.376 e. The Balaban J connectivity index is 2.18. The predicted molar refractivity (Wildman–Crippen MR) is 57.1 cm³/mol. The van der Waals surface area contributed by atoms with Gasteiger partial charge in [0.25, 0.3) is 0 Å². The molecule has 1 aliphatic heterocycles. The lowest BCUT2D eigenvalue weighted by molar-refractivity contribution is -0.139. The van der Waals surface area contributed by atoms with E-state index in [0.29, 0.717) is 26.4 Å². The molecule has 1 rings (SSSR count). The van der Waals surface area contributed by atoms with Gasteiger partial charge in [0.1, 0.15) is 6.54 Å². The van der Waals surface area contributed by atoms with Crippen LogP contribution >= 0.6 is 0 Å². The molecule has 0 aliphatic carbocycles. The van der Waals surface area contributed by atoms with Crippen molar-refractivity contribution in [3.05, 3.63) is 0 Å². The van der Waals surface area contributed by atoms with Gasteiger partial charge >= 0.3 is 6.18 Å². The number of rotatable bonds is 5. The van der Waals surface area contributed by atoms with Crippen LogP contribution in [0.4, 0.5) is 13.2 Å². The van der Waals surface area contributed by atoms with E-state index >= 15 is 0 Å². The summed E-state index contributed by atoms with van der Waals surface area (Å²) in [5.41, 5.74) is 0. The van der Waals surface area contributed by atoms with Crippen molar-refractivity contribution in [2.75, 3.05) is 32.9 Å². The average Bonchev–Trinajstić information content (AvgIpc) is 2.33. The second kappa shape index (κ2) is 6.91. The van der Waals surface area contributed by atoms with E-state index in [1.165, 1.54) is 6.92 Å². The van der Waals surface area contributed by atoms with Crippen LogP contribution < -0.4 is 10.6 Å². The molecule has 2 unspecified atom stereocenters. The van der Waals surface area contributed by atoms with E-state index < -0.39 is 24.7 Å². The number of carbonyl (C=O) groups excluding carboxylic acids is 1. The highest BCUT2D eigenvalue weighted by Gasteiger charge is 2.28. The number of alkyl halides is 3. The van der Waals surface area contributed by atoms with Crippen molar-refractivity contribution in [3.63, 3.8) is 0 Å². The van der Waals surface area contributed by atoms with Gasteiger partial charge in [0.05, 0.1) is 32.0 Å². The van der Waals surface area contributed by atoms with Gasteiger partial charge < -0.3 is 20.1 Å². The summed E-state index contributed by atoms with van der Waals surface area (Å²) < 4.78 is 46.1. The summed E-state index contributed by atoms with van der Waals surface area (Å²) in [4.78, 5) is 11.3. The standard InChI is InChI=1S/C10H17F3N2O3/c1-7(9(16)15-6-10(11,12)13)14-4-8-5-17-2-3-18-8/h7-8,14H,2-6H2,1H3,(H,15,16). The van der Waals surface area contributed by atoms with Crippen molar-refractivity contribution in [2.45, 2.75) is 25.2 Å². The molecule has 2 N–H and O–H groups in total. The Morgan fingerprint density at radius 2 is 2.17 bits per heavy atom. The predicted octanol–water partition coefficient (Wildman–Crippen LogP) is 0.0584. The molecular weight excluding hydrogens is 253 g/mol. The maximum Gasteiger partial charge on any atom is 0.405 e. The zero-order valence-corrected chi connectivity index (χ0v) is 10.0. The Kier molecular flexibility index (Phi) is 5.83. The monoisotopic (exact) mass is 270 g/mol. The molecule has 1 heterocycles. The number of carbonyl (C=O) groups is 1. The van der Waals surface area contributed by atoms with E-state index in [9.17, 15) is 18.0 Å². The summed E-state index contributed by atoms with van der Waals surface area (Å²) >= 11 is 0. The molecule has 106 valence electrons. The second-order valence-corrected chi connectivity index (χ2v) is 4.03. The number of nitrogens with one attached hydrogen (secondary N) is 2. The molecule has 18 heavy (non-hydrogen) atoms. The zero-order chi connectivity index (χ0) is 13.6. The number of hydrogen-bond donors (Lipinski definition) is 2. The third kappa shape index (κ3) is 6.18. The van der Waals surface area contributed by atoms with Gasteiger partial charge in [-0.1, -0.05) is 0 Å². The molecule has 0 spiro atoms. The average molecular weight is 270 g/mol. The van der Waals surface area contributed by atoms with Crippen molar-refractivity contribution in [1.29, 1.82) is 0 Å². The van der Waals surface area contributed by atoms with Crippen LogP contribution in [0.25, 0.3) is 0 Å². The fraction of sp³-hybridized carbons (Fsp3) is 0.900. The lowest BCUT2D eigenvalue weighted by Gasteiger charge is -2.24. The van der Waals surface area contributed by atoms with Crippen molar-refractivity contribution >= 4 is 5.91 Å². The first-order chi connectivity index (χ1) is 8.38. The fourth-order valence-corrected chi connectivity index (χ4v) is 1.40. The minimum Gasteiger partial charge on any atom is -0.376 e. The summed E-state index contributed by atoms with van der Waals surface area (Å²) in [7, 11) is 0. The third-order valence-electron chi connectivity index (χ3n) is 2.39. The maximum atomic E-state index is 11.9. The van der Waals surface area contributed by atoms with Crippen molar-refractivity contribution in [1.82, 2.24) is 10.6 Å². The Labute approximate surface area is 103 Å². The molecule has 8 heteroatoms. The summed E-state index contributed by atoms with van der Waals surface area (Å²) in [6.07, 6.45) is -4.56. The molecule has 2 atom stereocenters. The lowest BCUT2D eigenvalue weighted by Crippen LogP contribution is -2.48. The Hall–Kier alpha value is -0.860. The van der Waals surface area contributed by atoms with E-state index in [-0.39, 0.29) is 6.10 Å². The van der Waals surface area contributed by atoms with Gasteiger partial charge in [-0.25, -0.2) is 0 Å². The highest BCUT2D eigenvalue weighted by Crippen LogP contribution is 2.12. The molecule has 0 aromatic carbocycles. The molecular formula is C10H17F3N2O3. The normalized spacial score (nSPS) is 22.6. The van der Waals surface area contributed by atoms with Gasteiger partial charge in [0.15, 0.2) is 0 Å². The molecule has 0 aromatic rings. The summed E-state index contributed by atoms with van der Waals surface area (Å²) in [5.74, 6) is -0.691. The molecule has 5 nitrogen and oxygen atoms in total. The van der Waals surface area contributed by atoms with Gasteiger partial charge in [-0.3, -0.25) is 4.79 Å². The molecule has 1 aliphatic rings. The van der Waals surface area contributed by atoms with Crippen LogP contribution in [-0.2, 0) is 14.3 Å².